The molecule has 0 aliphatic rings. The van der Waals surface area contributed by atoms with Crippen LogP contribution in [-0.2, 0) is 18.4 Å². The number of nitrogens with zero attached hydrogens (tertiary/aromatic N) is 1. The Balaban J connectivity index is 2.39. The van der Waals surface area contributed by atoms with Gasteiger partial charge in [0.2, 0.25) is 0 Å². The van der Waals surface area contributed by atoms with E-state index in [1.807, 2.05) is 37.6 Å². The summed E-state index contributed by atoms with van der Waals surface area (Å²) in [5, 5.41) is 9.90. The molecule has 2 rings (SSSR count). The minimum absolute atomic E-state index is 0.178. The van der Waals surface area contributed by atoms with Crippen LogP contribution in [0.25, 0.3) is 10.9 Å². The second-order valence-corrected chi connectivity index (χ2v) is 4.63. The van der Waals surface area contributed by atoms with E-state index < -0.39 is 5.97 Å². The van der Waals surface area contributed by atoms with Crippen LogP contribution in [0.5, 0.6) is 0 Å². The van der Waals surface area contributed by atoms with Crippen molar-refractivity contribution in [1.82, 2.24) is 4.57 Å². The number of carbonyl (C=O) groups is 1. The van der Waals surface area contributed by atoms with Crippen LogP contribution in [0.2, 0.25) is 0 Å². The van der Waals surface area contributed by atoms with E-state index in [0.717, 1.165) is 16.6 Å². The highest BCUT2D eigenvalue weighted by Gasteiger charge is 2.09. The number of carboxylic acid groups (broad SMARTS) is 1. The topological polar surface area (TPSA) is 51.5 Å². The summed E-state index contributed by atoms with van der Waals surface area (Å²) in [5.74, 6) is -0.902. The molecule has 0 aliphatic carbocycles. The summed E-state index contributed by atoms with van der Waals surface area (Å²) in [6.07, 6.45) is 0.178. The molecule has 2 aromatic rings. The van der Waals surface area contributed by atoms with Crippen molar-refractivity contribution in [2.24, 2.45) is 7.05 Å². The maximum atomic E-state index is 10.9. The van der Waals surface area contributed by atoms with Gasteiger partial charge < -0.3 is 14.4 Å². The fourth-order valence-electron chi connectivity index (χ4n) is 1.93. The van der Waals surface area contributed by atoms with Crippen molar-refractivity contribution in [3.05, 3.63) is 35.5 Å². The lowest BCUT2D eigenvalue weighted by Crippen LogP contribution is -2.05. The fraction of sp³-hybridized carbons (Fsp3) is 0.357. The van der Waals surface area contributed by atoms with E-state index >= 15 is 0 Å². The molecule has 1 aromatic heterocycles. The molecule has 1 heterocycles. The Hall–Kier alpha value is -1.81. The van der Waals surface area contributed by atoms with E-state index in [9.17, 15) is 4.79 Å². The van der Waals surface area contributed by atoms with Crippen molar-refractivity contribution in [1.29, 1.82) is 0 Å². The van der Waals surface area contributed by atoms with Crippen LogP contribution in [0.15, 0.2) is 24.3 Å². The minimum atomic E-state index is -0.902. The predicted molar refractivity (Wildman–Crippen MR) is 69.8 cm³/mol. The molecule has 1 N–H and O–H groups in total. The summed E-state index contributed by atoms with van der Waals surface area (Å²) in [7, 11) is 1.96. The summed E-state index contributed by atoms with van der Waals surface area (Å²) in [4.78, 5) is 10.9. The van der Waals surface area contributed by atoms with Crippen LogP contribution >= 0.6 is 0 Å². The van der Waals surface area contributed by atoms with Gasteiger partial charge >= 0.3 is 5.97 Å². The average molecular weight is 247 g/mol. The average Bonchev–Trinajstić information content (AvgIpc) is 2.63. The van der Waals surface area contributed by atoms with Crippen LogP contribution in [0.1, 0.15) is 29.9 Å². The lowest BCUT2D eigenvalue weighted by molar-refractivity contribution is 0.0624. The number of fused-ring (bicyclic) bond motifs is 1. The summed E-state index contributed by atoms with van der Waals surface area (Å²) in [6, 6.07) is 7.12. The molecule has 0 radical (unpaired) electrons. The third kappa shape index (κ3) is 2.38. The van der Waals surface area contributed by atoms with Gasteiger partial charge in [-0.25, -0.2) is 4.79 Å². The van der Waals surface area contributed by atoms with Crippen LogP contribution in [0, 0.1) is 0 Å². The highest BCUT2D eigenvalue weighted by atomic mass is 16.5. The number of aromatic carboxylic acids is 1. The smallest absolute Gasteiger partial charge is 0.335 e. The Morgan fingerprint density at radius 2 is 2.11 bits per heavy atom. The van der Waals surface area contributed by atoms with E-state index in [-0.39, 0.29) is 6.10 Å². The standard InChI is InChI=1S/C14H17NO3/c1-9(2)18-8-12-7-11-6-10(14(16)17)4-5-13(11)15(12)3/h4-7,9H,8H2,1-3H3,(H,16,17). The van der Waals surface area contributed by atoms with Gasteiger partial charge in [0.25, 0.3) is 0 Å². The summed E-state index contributed by atoms with van der Waals surface area (Å²) >= 11 is 0. The summed E-state index contributed by atoms with van der Waals surface area (Å²) in [6.45, 7) is 4.52. The summed E-state index contributed by atoms with van der Waals surface area (Å²) in [5.41, 5.74) is 2.37. The van der Waals surface area contributed by atoms with Crippen molar-refractivity contribution in [3.63, 3.8) is 0 Å². The third-order valence-corrected chi connectivity index (χ3v) is 2.95. The van der Waals surface area contributed by atoms with Gasteiger partial charge in [0.15, 0.2) is 0 Å². The van der Waals surface area contributed by atoms with E-state index in [1.54, 1.807) is 12.1 Å². The maximum absolute atomic E-state index is 10.9. The van der Waals surface area contributed by atoms with Crippen LogP contribution in [0.4, 0.5) is 0 Å². The molecular weight excluding hydrogens is 230 g/mol. The van der Waals surface area contributed by atoms with Gasteiger partial charge in [0.05, 0.1) is 18.3 Å². The molecule has 0 atom stereocenters. The molecular formula is C14H17NO3. The first-order chi connectivity index (χ1) is 8.49. The van der Waals surface area contributed by atoms with Crippen molar-refractivity contribution in [2.75, 3.05) is 0 Å². The van der Waals surface area contributed by atoms with Crippen LogP contribution < -0.4 is 0 Å². The van der Waals surface area contributed by atoms with E-state index in [2.05, 4.69) is 0 Å². The Labute approximate surface area is 106 Å². The molecule has 0 bridgehead atoms. The Morgan fingerprint density at radius 1 is 1.39 bits per heavy atom. The van der Waals surface area contributed by atoms with Crippen molar-refractivity contribution >= 4 is 16.9 Å². The Kier molecular flexibility index (Phi) is 3.39. The first-order valence-corrected chi connectivity index (χ1v) is 5.92. The first-order valence-electron chi connectivity index (χ1n) is 5.92. The Bertz CT molecular complexity index is 584. The molecule has 1 aromatic carbocycles. The largest absolute Gasteiger partial charge is 0.478 e. The maximum Gasteiger partial charge on any atom is 0.335 e. The van der Waals surface area contributed by atoms with Gasteiger partial charge in [-0.2, -0.15) is 0 Å². The van der Waals surface area contributed by atoms with Gasteiger partial charge in [-0.1, -0.05) is 0 Å². The van der Waals surface area contributed by atoms with E-state index in [4.69, 9.17) is 9.84 Å². The quantitative estimate of drug-likeness (QED) is 0.903. The highest BCUT2D eigenvalue weighted by molar-refractivity contribution is 5.93. The monoisotopic (exact) mass is 247 g/mol. The number of aromatic nitrogens is 1. The molecule has 0 fully saturated rings. The number of hydrogen-bond acceptors (Lipinski definition) is 2. The first kappa shape index (κ1) is 12.6. The number of benzene rings is 1. The SMILES string of the molecule is CC(C)OCc1cc2cc(C(=O)O)ccc2n1C. The number of ether oxygens (including phenoxy) is 1. The zero-order valence-electron chi connectivity index (χ0n) is 10.8. The van der Waals surface area contributed by atoms with Crippen molar-refractivity contribution in [2.45, 2.75) is 26.6 Å². The summed E-state index contributed by atoms with van der Waals surface area (Å²) < 4.78 is 7.61. The van der Waals surface area contributed by atoms with Gasteiger partial charge in [0.1, 0.15) is 0 Å². The molecule has 0 aliphatic heterocycles. The molecule has 4 heteroatoms. The van der Waals surface area contributed by atoms with Gasteiger partial charge in [0, 0.05) is 23.6 Å². The highest BCUT2D eigenvalue weighted by Crippen LogP contribution is 2.21. The van der Waals surface area contributed by atoms with Gasteiger partial charge in [-0.15, -0.1) is 0 Å². The van der Waals surface area contributed by atoms with Crippen molar-refractivity contribution in [3.8, 4) is 0 Å². The lowest BCUT2D eigenvalue weighted by atomic mass is 10.1. The number of hydrogen-bond donors (Lipinski definition) is 1. The molecule has 0 amide bonds. The third-order valence-electron chi connectivity index (χ3n) is 2.95. The van der Waals surface area contributed by atoms with Gasteiger partial charge in [-0.05, 0) is 38.1 Å². The molecule has 96 valence electrons. The molecule has 0 unspecified atom stereocenters. The fourth-order valence-corrected chi connectivity index (χ4v) is 1.93. The predicted octanol–water partition coefficient (Wildman–Crippen LogP) is 2.80. The second-order valence-electron chi connectivity index (χ2n) is 4.63. The minimum Gasteiger partial charge on any atom is -0.478 e. The zero-order chi connectivity index (χ0) is 13.3. The zero-order valence-corrected chi connectivity index (χ0v) is 10.8. The Morgan fingerprint density at radius 3 is 2.72 bits per heavy atom. The van der Waals surface area contributed by atoms with Gasteiger partial charge in [-0.3, -0.25) is 0 Å². The van der Waals surface area contributed by atoms with Crippen LogP contribution in [0.3, 0.4) is 0 Å². The normalized spacial score (nSPS) is 11.3. The van der Waals surface area contributed by atoms with Crippen molar-refractivity contribution < 1.29 is 14.6 Å². The van der Waals surface area contributed by atoms with E-state index in [0.29, 0.717) is 12.2 Å². The molecule has 4 nitrogen and oxygen atoms in total. The lowest BCUT2D eigenvalue weighted by Gasteiger charge is -2.08. The second kappa shape index (κ2) is 4.82. The molecule has 0 spiro atoms. The van der Waals surface area contributed by atoms with E-state index in [1.165, 1.54) is 0 Å². The number of carboxylic acids is 1. The molecule has 0 saturated carbocycles. The van der Waals surface area contributed by atoms with Crippen LogP contribution in [-0.4, -0.2) is 21.7 Å². The number of rotatable bonds is 4. The number of aryl methyl sites for hydroxylation is 1. The molecule has 0 saturated heterocycles. The molecule has 18 heavy (non-hydrogen) atoms.